The van der Waals surface area contributed by atoms with Gasteiger partial charge in [-0.05, 0) is 25.5 Å². The summed E-state index contributed by atoms with van der Waals surface area (Å²) in [7, 11) is 0. The van der Waals surface area contributed by atoms with Crippen LogP contribution in [0, 0.1) is 0 Å². The Balaban J connectivity index is 2.44. The topological polar surface area (TPSA) is 6.25 Å². The molecule has 0 saturated heterocycles. The summed E-state index contributed by atoms with van der Waals surface area (Å²) in [6.45, 7) is 10.5. The third-order valence-corrected chi connectivity index (χ3v) is 4.47. The quantitative estimate of drug-likeness (QED) is 0.461. The number of rotatable bonds is 9. The molecule has 1 aliphatic rings. The summed E-state index contributed by atoms with van der Waals surface area (Å²) in [4.78, 5) is 2.57. The van der Waals surface area contributed by atoms with Crippen LogP contribution in [-0.4, -0.2) is 46.6 Å². The zero-order valence-electron chi connectivity index (χ0n) is 11.9. The maximum absolute atomic E-state index is 2.61. The van der Waals surface area contributed by atoms with Crippen molar-refractivity contribution < 1.29 is 4.58 Å². The normalized spacial score (nSPS) is 16.1. The molecule has 0 aromatic carbocycles. The fourth-order valence-electron chi connectivity index (χ4n) is 2.25. The van der Waals surface area contributed by atoms with Gasteiger partial charge in [-0.15, -0.1) is 11.8 Å². The lowest BCUT2D eigenvalue weighted by molar-refractivity contribution is -0.498. The number of likely N-dealkylation sites (N-methyl/N-ethyl adjacent to an activating group) is 1. The van der Waals surface area contributed by atoms with Crippen molar-refractivity contribution in [3.05, 3.63) is 0 Å². The summed E-state index contributed by atoms with van der Waals surface area (Å²) in [5, 5.41) is 0. The fraction of sp³-hybridized carbons (Fsp3) is 0.929. The molecule has 0 N–H and O–H groups in total. The highest BCUT2D eigenvalue weighted by molar-refractivity contribution is 7.99. The lowest BCUT2D eigenvalue weighted by Gasteiger charge is -2.11. The predicted octanol–water partition coefficient (Wildman–Crippen LogP) is 3.41. The molecule has 0 aliphatic carbocycles. The molecule has 0 amide bonds. The van der Waals surface area contributed by atoms with Gasteiger partial charge in [0, 0.05) is 6.42 Å². The second-order valence-corrected chi connectivity index (χ2v) is 5.83. The molecule has 0 aromatic rings. The van der Waals surface area contributed by atoms with Gasteiger partial charge < -0.3 is 0 Å². The lowest BCUT2D eigenvalue weighted by atomic mass is 10.2. The van der Waals surface area contributed by atoms with Crippen LogP contribution < -0.4 is 0 Å². The van der Waals surface area contributed by atoms with Gasteiger partial charge in [0.25, 0.3) is 0 Å². The second kappa shape index (κ2) is 8.84. The van der Waals surface area contributed by atoms with Crippen LogP contribution in [0.2, 0.25) is 0 Å². The van der Waals surface area contributed by atoms with Gasteiger partial charge in [-0.3, -0.25) is 9.48 Å². The van der Waals surface area contributed by atoms with Crippen molar-refractivity contribution in [2.75, 3.05) is 31.3 Å². The molecule has 0 saturated carbocycles. The average Bonchev–Trinajstić information content (AvgIpc) is 2.74. The minimum absolute atomic E-state index is 1.18. The van der Waals surface area contributed by atoms with Gasteiger partial charge >= 0.3 is 0 Å². The van der Waals surface area contributed by atoms with Crippen molar-refractivity contribution in [2.45, 2.75) is 52.9 Å². The number of hydrogen-bond acceptors (Lipinski definition) is 2. The highest BCUT2D eigenvalue weighted by Gasteiger charge is 2.27. The molecule has 0 bridgehead atoms. The molecular weight excluding hydrogens is 228 g/mol. The third-order valence-electron chi connectivity index (χ3n) is 3.39. The van der Waals surface area contributed by atoms with Crippen molar-refractivity contribution in [2.24, 2.45) is 0 Å². The summed E-state index contributed by atoms with van der Waals surface area (Å²) in [6.07, 6.45) is 6.60. The Morgan fingerprint density at radius 3 is 2.59 bits per heavy atom. The Morgan fingerprint density at radius 1 is 1.18 bits per heavy atom. The summed E-state index contributed by atoms with van der Waals surface area (Å²) in [5.74, 6) is 4.13. The first-order valence-corrected chi connectivity index (χ1v) is 8.42. The Kier molecular flexibility index (Phi) is 7.74. The van der Waals surface area contributed by atoms with Gasteiger partial charge in [0.05, 0.1) is 6.54 Å². The molecular formula is C14H29N2S+. The third kappa shape index (κ3) is 4.90. The molecule has 0 aromatic heterocycles. The van der Waals surface area contributed by atoms with E-state index in [1.54, 1.807) is 5.84 Å². The fourth-order valence-corrected chi connectivity index (χ4v) is 3.37. The largest absolute Gasteiger partial charge is 0.262 e. The molecule has 1 rings (SSSR count). The number of thioether (sulfide) groups is 1. The van der Waals surface area contributed by atoms with Crippen LogP contribution in [-0.2, 0) is 0 Å². The standard InChI is InChI=1S/C14H29N2S/c1-4-7-9-14-15(6-3)10-11-16(14)13-17-12-8-5-2/h4-13H2,1-3H3/q+1. The van der Waals surface area contributed by atoms with Gasteiger partial charge in [0.15, 0.2) is 0 Å². The SMILES string of the molecule is CCCCSC[N+]1=C(CCCC)N(CC)CC1. The van der Waals surface area contributed by atoms with Crippen LogP contribution >= 0.6 is 11.8 Å². The van der Waals surface area contributed by atoms with Crippen LogP contribution in [0.3, 0.4) is 0 Å². The van der Waals surface area contributed by atoms with E-state index < -0.39 is 0 Å². The van der Waals surface area contributed by atoms with Crippen LogP contribution in [0.25, 0.3) is 0 Å². The minimum Gasteiger partial charge on any atom is -0.262 e. The molecule has 1 heterocycles. The highest BCUT2D eigenvalue weighted by atomic mass is 32.2. The molecule has 0 atom stereocenters. The maximum atomic E-state index is 2.61. The summed E-state index contributed by atoms with van der Waals surface area (Å²) in [5.41, 5.74) is 0. The average molecular weight is 257 g/mol. The smallest absolute Gasteiger partial charge is 0.247 e. The second-order valence-electron chi connectivity index (χ2n) is 4.75. The van der Waals surface area contributed by atoms with Gasteiger partial charge in [-0.2, -0.15) is 0 Å². The van der Waals surface area contributed by atoms with Crippen molar-refractivity contribution in [3.8, 4) is 0 Å². The highest BCUT2D eigenvalue weighted by Crippen LogP contribution is 2.12. The molecule has 3 heteroatoms. The van der Waals surface area contributed by atoms with E-state index in [1.165, 1.54) is 63.4 Å². The molecule has 1 aliphatic heterocycles. The van der Waals surface area contributed by atoms with Crippen LogP contribution in [0.4, 0.5) is 0 Å². The first-order valence-electron chi connectivity index (χ1n) is 7.26. The van der Waals surface area contributed by atoms with Crippen molar-refractivity contribution in [3.63, 3.8) is 0 Å². The molecule has 0 radical (unpaired) electrons. The number of unbranched alkanes of at least 4 members (excludes halogenated alkanes) is 2. The Hall–Kier alpha value is -0.180. The predicted molar refractivity (Wildman–Crippen MR) is 79.1 cm³/mol. The van der Waals surface area contributed by atoms with E-state index in [0.717, 1.165) is 0 Å². The molecule has 100 valence electrons. The van der Waals surface area contributed by atoms with E-state index in [2.05, 4.69) is 42.0 Å². The zero-order valence-corrected chi connectivity index (χ0v) is 12.7. The number of nitrogens with zero attached hydrogens (tertiary/aromatic N) is 2. The molecule has 0 fully saturated rings. The van der Waals surface area contributed by atoms with E-state index in [1.807, 2.05) is 0 Å². The zero-order chi connectivity index (χ0) is 12.5. The first kappa shape index (κ1) is 14.9. The van der Waals surface area contributed by atoms with Crippen molar-refractivity contribution in [1.82, 2.24) is 4.90 Å². The summed E-state index contributed by atoms with van der Waals surface area (Å²) < 4.78 is 2.61. The maximum Gasteiger partial charge on any atom is 0.247 e. The Morgan fingerprint density at radius 2 is 1.94 bits per heavy atom. The van der Waals surface area contributed by atoms with Crippen molar-refractivity contribution in [1.29, 1.82) is 0 Å². The first-order chi connectivity index (χ1) is 8.33. The molecule has 0 spiro atoms. The monoisotopic (exact) mass is 257 g/mol. The minimum atomic E-state index is 1.18. The van der Waals surface area contributed by atoms with Gasteiger partial charge in [-0.1, -0.05) is 26.7 Å². The Labute approximate surface area is 111 Å². The Bertz CT molecular complexity index is 238. The van der Waals surface area contributed by atoms with Gasteiger partial charge in [0.2, 0.25) is 5.84 Å². The number of amidine groups is 1. The van der Waals surface area contributed by atoms with Gasteiger partial charge in [0.1, 0.15) is 19.0 Å². The van der Waals surface area contributed by atoms with Crippen LogP contribution in [0.15, 0.2) is 0 Å². The van der Waals surface area contributed by atoms with Gasteiger partial charge in [-0.25, -0.2) is 0 Å². The van der Waals surface area contributed by atoms with E-state index in [0.29, 0.717) is 0 Å². The van der Waals surface area contributed by atoms with Crippen LogP contribution in [0.5, 0.6) is 0 Å². The summed E-state index contributed by atoms with van der Waals surface area (Å²) in [6, 6.07) is 0. The van der Waals surface area contributed by atoms with Crippen LogP contribution in [0.1, 0.15) is 52.9 Å². The van der Waals surface area contributed by atoms with E-state index in [-0.39, 0.29) is 0 Å². The van der Waals surface area contributed by atoms with E-state index >= 15 is 0 Å². The number of hydrogen-bond donors (Lipinski definition) is 0. The molecule has 2 nitrogen and oxygen atoms in total. The van der Waals surface area contributed by atoms with E-state index in [4.69, 9.17) is 0 Å². The summed E-state index contributed by atoms with van der Waals surface area (Å²) >= 11 is 2.10. The lowest BCUT2D eigenvalue weighted by Crippen LogP contribution is -2.29. The van der Waals surface area contributed by atoms with Crippen molar-refractivity contribution >= 4 is 17.6 Å². The molecule has 0 unspecified atom stereocenters. The molecule has 17 heavy (non-hydrogen) atoms. The van der Waals surface area contributed by atoms with E-state index in [9.17, 15) is 0 Å².